The number of aromatic nitrogens is 1. The molecule has 0 atom stereocenters. The largest absolute Gasteiger partial charge is 0.309 e. The quantitative estimate of drug-likeness (QED) is 0.166. The summed E-state index contributed by atoms with van der Waals surface area (Å²) in [6, 6.07) is 75.2. The lowest BCUT2D eigenvalue weighted by Gasteiger charge is -2.30. The molecule has 0 unspecified atom stereocenters. The summed E-state index contributed by atoms with van der Waals surface area (Å²) in [5.74, 6) is 0. The maximum absolute atomic E-state index is 2.53. The third-order valence-corrected chi connectivity index (χ3v) is 12.2. The van der Waals surface area contributed by atoms with Gasteiger partial charge < -0.3 is 9.47 Å². The van der Waals surface area contributed by atoms with Gasteiger partial charge in [0.25, 0.3) is 0 Å². The fourth-order valence-electron chi connectivity index (χ4n) is 8.63. The monoisotopic (exact) mass is 718 g/mol. The standard InChI is InChI=1S/C52H34N2S/c1-3-17-35(18-4-1)37-33-34-47(39-22-8-7-21-38(37)39)54(45-28-12-9-23-40(45)42-26-15-27-43-41-24-11-14-32-50(41)55-52(42)43)49-31-16-30-48-51(49)44-25-10-13-29-46(44)53(48)36-19-5-2-6-20-36/h1-34H. The van der Waals surface area contributed by atoms with Crippen LogP contribution in [0.2, 0.25) is 0 Å². The van der Waals surface area contributed by atoms with Gasteiger partial charge in [0.05, 0.1) is 28.1 Å². The molecular formula is C52H34N2S. The zero-order chi connectivity index (χ0) is 36.3. The molecule has 11 rings (SSSR count). The Labute approximate surface area is 323 Å². The van der Waals surface area contributed by atoms with E-state index in [9.17, 15) is 0 Å². The number of thiophene rings is 1. The van der Waals surface area contributed by atoms with Crippen LogP contribution in [0.1, 0.15) is 0 Å². The third kappa shape index (κ3) is 5.01. The number of nitrogens with zero attached hydrogens (tertiary/aromatic N) is 2. The number of hydrogen-bond donors (Lipinski definition) is 0. The molecule has 55 heavy (non-hydrogen) atoms. The third-order valence-electron chi connectivity index (χ3n) is 11.0. The highest BCUT2D eigenvalue weighted by atomic mass is 32.1. The molecule has 2 aromatic heterocycles. The van der Waals surface area contributed by atoms with Crippen LogP contribution >= 0.6 is 11.3 Å². The van der Waals surface area contributed by atoms with E-state index in [-0.39, 0.29) is 0 Å². The molecule has 0 saturated carbocycles. The molecule has 11 aromatic rings. The lowest BCUT2D eigenvalue weighted by molar-refractivity contribution is 1.18. The first-order valence-corrected chi connectivity index (χ1v) is 19.6. The first kappa shape index (κ1) is 31.6. The molecule has 2 nitrogen and oxygen atoms in total. The van der Waals surface area contributed by atoms with Gasteiger partial charge in [-0.3, -0.25) is 0 Å². The molecule has 258 valence electrons. The summed E-state index contributed by atoms with van der Waals surface area (Å²) >= 11 is 1.88. The zero-order valence-corrected chi connectivity index (χ0v) is 30.7. The summed E-state index contributed by atoms with van der Waals surface area (Å²) in [4.78, 5) is 2.53. The van der Waals surface area contributed by atoms with E-state index in [1.54, 1.807) is 0 Å². The van der Waals surface area contributed by atoms with E-state index in [2.05, 4.69) is 216 Å². The fraction of sp³-hybridized carbons (Fsp3) is 0. The molecule has 0 spiro atoms. The molecule has 0 fully saturated rings. The van der Waals surface area contributed by atoms with Crippen LogP contribution in [0, 0.1) is 0 Å². The van der Waals surface area contributed by atoms with E-state index >= 15 is 0 Å². The van der Waals surface area contributed by atoms with Crippen LogP contribution in [0.15, 0.2) is 206 Å². The molecule has 0 amide bonds. The summed E-state index contributed by atoms with van der Waals surface area (Å²) in [6.45, 7) is 0. The van der Waals surface area contributed by atoms with E-state index in [4.69, 9.17) is 0 Å². The van der Waals surface area contributed by atoms with Crippen molar-refractivity contribution < 1.29 is 0 Å². The van der Waals surface area contributed by atoms with E-state index < -0.39 is 0 Å². The topological polar surface area (TPSA) is 8.17 Å². The summed E-state index contributed by atoms with van der Waals surface area (Å²) in [6.07, 6.45) is 0. The van der Waals surface area contributed by atoms with Crippen LogP contribution in [-0.2, 0) is 0 Å². The van der Waals surface area contributed by atoms with Crippen molar-refractivity contribution in [3.8, 4) is 27.9 Å². The average Bonchev–Trinajstić information content (AvgIpc) is 3.81. The number of rotatable bonds is 6. The van der Waals surface area contributed by atoms with Gasteiger partial charge in [-0.25, -0.2) is 0 Å². The minimum atomic E-state index is 1.13. The lowest BCUT2D eigenvalue weighted by Crippen LogP contribution is -2.12. The number of para-hydroxylation sites is 3. The van der Waals surface area contributed by atoms with Gasteiger partial charge in [0.15, 0.2) is 0 Å². The summed E-state index contributed by atoms with van der Waals surface area (Å²) in [7, 11) is 0. The second kappa shape index (κ2) is 12.9. The van der Waals surface area contributed by atoms with Gasteiger partial charge in [-0.15, -0.1) is 11.3 Å². The Balaban J connectivity index is 1.26. The normalized spacial score (nSPS) is 11.6. The minimum Gasteiger partial charge on any atom is -0.309 e. The maximum atomic E-state index is 2.53. The number of benzene rings is 9. The van der Waals surface area contributed by atoms with Crippen molar-refractivity contribution >= 4 is 81.1 Å². The molecule has 3 heteroatoms. The van der Waals surface area contributed by atoms with E-state index in [1.807, 2.05) is 11.3 Å². The van der Waals surface area contributed by atoms with Gasteiger partial charge in [-0.2, -0.15) is 0 Å². The first-order chi connectivity index (χ1) is 27.3. The highest BCUT2D eigenvalue weighted by Crippen LogP contribution is 2.50. The van der Waals surface area contributed by atoms with E-state index in [0.29, 0.717) is 0 Å². The van der Waals surface area contributed by atoms with Crippen LogP contribution in [0.25, 0.3) is 80.7 Å². The molecule has 0 aliphatic carbocycles. The highest BCUT2D eigenvalue weighted by Gasteiger charge is 2.25. The van der Waals surface area contributed by atoms with E-state index in [1.165, 1.54) is 75.0 Å². The van der Waals surface area contributed by atoms with Crippen molar-refractivity contribution in [1.82, 2.24) is 4.57 Å². The predicted octanol–water partition coefficient (Wildman–Crippen LogP) is 15.1. The van der Waals surface area contributed by atoms with Crippen LogP contribution in [-0.4, -0.2) is 4.57 Å². The van der Waals surface area contributed by atoms with E-state index in [0.717, 1.165) is 22.7 Å². The summed E-state index contributed by atoms with van der Waals surface area (Å²) in [5.41, 5.74) is 11.8. The van der Waals surface area contributed by atoms with Crippen molar-refractivity contribution in [1.29, 1.82) is 0 Å². The molecule has 0 N–H and O–H groups in total. The van der Waals surface area contributed by atoms with Gasteiger partial charge in [-0.05, 0) is 65.0 Å². The Kier molecular flexibility index (Phi) is 7.39. The van der Waals surface area contributed by atoms with Gasteiger partial charge >= 0.3 is 0 Å². The second-order valence-electron chi connectivity index (χ2n) is 14.0. The fourth-order valence-corrected chi connectivity index (χ4v) is 9.86. The zero-order valence-electron chi connectivity index (χ0n) is 29.9. The minimum absolute atomic E-state index is 1.13. The molecule has 9 aromatic carbocycles. The molecule has 0 bridgehead atoms. The molecule has 0 aliphatic rings. The van der Waals surface area contributed by atoms with Gasteiger partial charge in [0.2, 0.25) is 0 Å². The van der Waals surface area contributed by atoms with Crippen molar-refractivity contribution in [2.24, 2.45) is 0 Å². The number of fused-ring (bicyclic) bond motifs is 7. The molecule has 0 radical (unpaired) electrons. The molecule has 0 aliphatic heterocycles. The predicted molar refractivity (Wildman–Crippen MR) is 237 cm³/mol. The lowest BCUT2D eigenvalue weighted by atomic mass is 9.95. The van der Waals surface area contributed by atoms with Crippen LogP contribution in [0.4, 0.5) is 17.1 Å². The Hall–Kier alpha value is -6.94. The van der Waals surface area contributed by atoms with Crippen molar-refractivity contribution in [3.63, 3.8) is 0 Å². The van der Waals surface area contributed by atoms with Crippen molar-refractivity contribution in [2.45, 2.75) is 0 Å². The van der Waals surface area contributed by atoms with Gasteiger partial charge in [-0.1, -0.05) is 158 Å². The van der Waals surface area contributed by atoms with Crippen LogP contribution < -0.4 is 4.90 Å². The SMILES string of the molecule is c1ccc(-c2ccc(N(c3ccccc3-c3cccc4c3sc3ccccc34)c3cccc4c3c3ccccc3n4-c3ccccc3)c3ccccc23)cc1. The second-order valence-corrected chi connectivity index (χ2v) is 15.1. The smallest absolute Gasteiger partial charge is 0.0562 e. The highest BCUT2D eigenvalue weighted by molar-refractivity contribution is 7.26. The first-order valence-electron chi connectivity index (χ1n) is 18.8. The average molecular weight is 719 g/mol. The van der Waals surface area contributed by atoms with Gasteiger partial charge in [0.1, 0.15) is 0 Å². The number of hydrogen-bond acceptors (Lipinski definition) is 2. The van der Waals surface area contributed by atoms with Crippen molar-refractivity contribution in [2.75, 3.05) is 4.90 Å². The Morgan fingerprint density at radius 3 is 1.80 bits per heavy atom. The number of anilines is 3. The van der Waals surface area contributed by atoms with Crippen molar-refractivity contribution in [3.05, 3.63) is 206 Å². The molecule has 0 saturated heterocycles. The van der Waals surface area contributed by atoms with Crippen LogP contribution in [0.3, 0.4) is 0 Å². The summed E-state index contributed by atoms with van der Waals surface area (Å²) < 4.78 is 5.02. The van der Waals surface area contributed by atoms with Crippen LogP contribution in [0.5, 0.6) is 0 Å². The molecular weight excluding hydrogens is 685 g/mol. The Morgan fingerprint density at radius 1 is 0.345 bits per heavy atom. The Morgan fingerprint density at radius 2 is 0.945 bits per heavy atom. The maximum Gasteiger partial charge on any atom is 0.0562 e. The summed E-state index contributed by atoms with van der Waals surface area (Å²) in [5, 5.41) is 7.45. The molecule has 2 heterocycles. The van der Waals surface area contributed by atoms with Gasteiger partial charge in [0, 0.05) is 53.1 Å². The Bertz CT molecular complexity index is 3210.